The van der Waals surface area contributed by atoms with Crippen LogP contribution in [0, 0.1) is 0 Å². The fraction of sp³-hybridized carbons (Fsp3) is 0.182. The lowest BCUT2D eigenvalue weighted by atomic mass is 10.3. The molecule has 0 unspecified atom stereocenters. The molecule has 0 aliphatic carbocycles. The van der Waals surface area contributed by atoms with Gasteiger partial charge in [-0.15, -0.1) is 11.3 Å². The Morgan fingerprint density at radius 1 is 1.44 bits per heavy atom. The summed E-state index contributed by atoms with van der Waals surface area (Å²) >= 11 is 6.92. The number of nitrogens with one attached hydrogen (secondary N) is 1. The molecule has 16 heavy (non-hydrogen) atoms. The van der Waals surface area contributed by atoms with E-state index in [0.717, 1.165) is 26.8 Å². The number of thioether (sulfide) groups is 1. The van der Waals surface area contributed by atoms with Gasteiger partial charge in [0.05, 0.1) is 0 Å². The summed E-state index contributed by atoms with van der Waals surface area (Å²) in [6.45, 7) is 0.945. The van der Waals surface area contributed by atoms with Crippen molar-refractivity contribution in [1.82, 2.24) is 4.98 Å². The number of halogens is 1. The molecule has 0 fully saturated rings. The van der Waals surface area contributed by atoms with Gasteiger partial charge in [-0.05, 0) is 18.2 Å². The normalized spacial score (nSPS) is 10.3. The van der Waals surface area contributed by atoms with Crippen molar-refractivity contribution in [2.45, 2.75) is 4.34 Å². The predicted octanol–water partition coefficient (Wildman–Crippen LogP) is 4.11. The maximum Gasteiger partial charge on any atom is 0.149 e. The summed E-state index contributed by atoms with van der Waals surface area (Å²) in [7, 11) is 0. The number of anilines is 1. The molecule has 0 saturated heterocycles. The molecule has 84 valence electrons. The second kappa shape index (κ2) is 6.27. The van der Waals surface area contributed by atoms with Crippen LogP contribution in [0.2, 0.25) is 0 Å². The Hall–Kier alpha value is -0.520. The third-order valence-electron chi connectivity index (χ3n) is 1.89. The molecule has 1 N–H and O–H groups in total. The number of rotatable bonds is 5. The van der Waals surface area contributed by atoms with Gasteiger partial charge in [-0.1, -0.05) is 33.8 Å². The van der Waals surface area contributed by atoms with Crippen molar-refractivity contribution in [2.24, 2.45) is 0 Å². The lowest BCUT2D eigenvalue weighted by molar-refractivity contribution is 1.20. The van der Waals surface area contributed by atoms with Gasteiger partial charge in [0.1, 0.15) is 4.34 Å². The second-order valence-electron chi connectivity index (χ2n) is 3.08. The lowest BCUT2D eigenvalue weighted by Crippen LogP contribution is -2.03. The summed E-state index contributed by atoms with van der Waals surface area (Å²) < 4.78 is 2.24. The zero-order valence-electron chi connectivity index (χ0n) is 8.52. The molecule has 0 aliphatic heterocycles. The third kappa shape index (κ3) is 3.81. The van der Waals surface area contributed by atoms with E-state index in [9.17, 15) is 0 Å². The fourth-order valence-corrected chi connectivity index (χ4v) is 3.18. The first-order chi connectivity index (χ1) is 7.84. The Bertz CT molecular complexity index is 431. The van der Waals surface area contributed by atoms with Crippen molar-refractivity contribution in [3.8, 4) is 0 Å². The lowest BCUT2D eigenvalue weighted by Gasteiger charge is -2.05. The standard InChI is InChI=1S/C11H11BrN2S2/c12-9-2-1-3-10(8-9)13-4-6-15-11-14-5-7-16-11/h1-3,5,7-8,13H,4,6H2. The van der Waals surface area contributed by atoms with Gasteiger partial charge in [0.2, 0.25) is 0 Å². The van der Waals surface area contributed by atoms with Crippen molar-refractivity contribution in [1.29, 1.82) is 0 Å². The van der Waals surface area contributed by atoms with E-state index in [0.29, 0.717) is 0 Å². The first-order valence-corrected chi connectivity index (χ1v) is 7.52. The van der Waals surface area contributed by atoms with Crippen LogP contribution in [-0.2, 0) is 0 Å². The Labute approximate surface area is 112 Å². The first kappa shape index (κ1) is 12.0. The summed E-state index contributed by atoms with van der Waals surface area (Å²) in [6.07, 6.45) is 1.84. The van der Waals surface area contributed by atoms with E-state index in [4.69, 9.17) is 0 Å². The van der Waals surface area contributed by atoms with Crippen LogP contribution in [0.15, 0.2) is 44.7 Å². The fourth-order valence-electron chi connectivity index (χ4n) is 1.21. The molecular formula is C11H11BrN2S2. The van der Waals surface area contributed by atoms with Crippen LogP contribution in [-0.4, -0.2) is 17.3 Å². The van der Waals surface area contributed by atoms with E-state index >= 15 is 0 Å². The number of thiazole rings is 1. The summed E-state index contributed by atoms with van der Waals surface area (Å²) in [5, 5.41) is 5.38. The number of hydrogen-bond acceptors (Lipinski definition) is 4. The van der Waals surface area contributed by atoms with Crippen molar-refractivity contribution in [2.75, 3.05) is 17.6 Å². The average molecular weight is 315 g/mol. The maximum atomic E-state index is 4.22. The van der Waals surface area contributed by atoms with E-state index in [1.165, 1.54) is 0 Å². The van der Waals surface area contributed by atoms with Crippen LogP contribution >= 0.6 is 39.0 Å². The highest BCUT2D eigenvalue weighted by atomic mass is 79.9. The summed E-state index contributed by atoms with van der Waals surface area (Å²) in [5.74, 6) is 1.03. The van der Waals surface area contributed by atoms with Gasteiger partial charge in [0.15, 0.2) is 0 Å². The highest BCUT2D eigenvalue weighted by molar-refractivity contribution is 9.10. The maximum absolute atomic E-state index is 4.22. The minimum Gasteiger partial charge on any atom is -0.384 e. The molecule has 2 rings (SSSR count). The van der Waals surface area contributed by atoms with Gasteiger partial charge in [0, 0.05) is 34.0 Å². The third-order valence-corrected chi connectivity index (χ3v) is 4.35. The zero-order valence-corrected chi connectivity index (χ0v) is 11.7. The molecule has 1 heterocycles. The van der Waals surface area contributed by atoms with Crippen molar-refractivity contribution < 1.29 is 0 Å². The zero-order chi connectivity index (χ0) is 11.2. The molecule has 2 aromatic rings. The van der Waals surface area contributed by atoms with E-state index in [1.807, 2.05) is 23.7 Å². The van der Waals surface area contributed by atoms with E-state index < -0.39 is 0 Å². The molecule has 0 amide bonds. The molecule has 2 nitrogen and oxygen atoms in total. The smallest absolute Gasteiger partial charge is 0.149 e. The Morgan fingerprint density at radius 3 is 3.12 bits per heavy atom. The molecule has 0 atom stereocenters. The average Bonchev–Trinajstić information content (AvgIpc) is 2.77. The highest BCUT2D eigenvalue weighted by Crippen LogP contribution is 2.20. The predicted molar refractivity (Wildman–Crippen MR) is 75.5 cm³/mol. The molecular weight excluding hydrogens is 304 g/mol. The van der Waals surface area contributed by atoms with Gasteiger partial charge >= 0.3 is 0 Å². The number of benzene rings is 1. The molecule has 1 aromatic carbocycles. The number of hydrogen-bond donors (Lipinski definition) is 1. The summed E-state index contributed by atoms with van der Waals surface area (Å²) in [4.78, 5) is 4.22. The van der Waals surface area contributed by atoms with E-state index in [2.05, 4.69) is 38.4 Å². The molecule has 0 saturated carbocycles. The molecule has 5 heteroatoms. The van der Waals surface area contributed by atoms with E-state index in [1.54, 1.807) is 23.1 Å². The van der Waals surface area contributed by atoms with Crippen molar-refractivity contribution in [3.63, 3.8) is 0 Å². The second-order valence-corrected chi connectivity index (χ2v) is 6.24. The Balaban J connectivity index is 1.72. The van der Waals surface area contributed by atoms with Crippen LogP contribution in [0.5, 0.6) is 0 Å². The molecule has 0 aliphatic rings. The quantitative estimate of drug-likeness (QED) is 0.664. The van der Waals surface area contributed by atoms with Crippen LogP contribution in [0.1, 0.15) is 0 Å². The van der Waals surface area contributed by atoms with Crippen LogP contribution in [0.3, 0.4) is 0 Å². The minimum absolute atomic E-state index is 0.945. The molecule has 0 bridgehead atoms. The monoisotopic (exact) mass is 314 g/mol. The molecule has 1 aromatic heterocycles. The Kier molecular flexibility index (Phi) is 4.69. The Morgan fingerprint density at radius 2 is 2.38 bits per heavy atom. The van der Waals surface area contributed by atoms with Crippen LogP contribution in [0.4, 0.5) is 5.69 Å². The first-order valence-electron chi connectivity index (χ1n) is 4.86. The van der Waals surface area contributed by atoms with Gasteiger partial charge < -0.3 is 5.32 Å². The number of nitrogens with zero attached hydrogens (tertiary/aromatic N) is 1. The highest BCUT2D eigenvalue weighted by Gasteiger charge is 1.96. The van der Waals surface area contributed by atoms with Crippen molar-refractivity contribution in [3.05, 3.63) is 40.3 Å². The number of aromatic nitrogens is 1. The van der Waals surface area contributed by atoms with E-state index in [-0.39, 0.29) is 0 Å². The molecule has 0 spiro atoms. The topological polar surface area (TPSA) is 24.9 Å². The van der Waals surface area contributed by atoms with Gasteiger partial charge in [-0.25, -0.2) is 4.98 Å². The van der Waals surface area contributed by atoms with Gasteiger partial charge in [-0.2, -0.15) is 0 Å². The van der Waals surface area contributed by atoms with Crippen LogP contribution in [0.25, 0.3) is 0 Å². The minimum atomic E-state index is 0.945. The molecule has 0 radical (unpaired) electrons. The summed E-state index contributed by atoms with van der Waals surface area (Å²) in [5.41, 5.74) is 1.15. The van der Waals surface area contributed by atoms with Crippen molar-refractivity contribution >= 4 is 44.7 Å². The van der Waals surface area contributed by atoms with Crippen LogP contribution < -0.4 is 5.32 Å². The largest absolute Gasteiger partial charge is 0.384 e. The SMILES string of the molecule is Brc1cccc(NCCSc2nccs2)c1. The van der Waals surface area contributed by atoms with Gasteiger partial charge in [-0.3, -0.25) is 0 Å². The van der Waals surface area contributed by atoms with Gasteiger partial charge in [0.25, 0.3) is 0 Å². The summed E-state index contributed by atoms with van der Waals surface area (Å²) in [6, 6.07) is 8.20.